The normalized spacial score (nSPS) is 21.2. The molecular weight excluding hydrogens is 236 g/mol. The number of nitrogens with one attached hydrogen (secondary N) is 2. The van der Waals surface area contributed by atoms with Gasteiger partial charge in [-0.25, -0.2) is 0 Å². The third kappa shape index (κ3) is 2.87. The van der Waals surface area contributed by atoms with Crippen LogP contribution in [-0.2, 0) is 24.4 Å². The Morgan fingerprint density at radius 3 is 3.00 bits per heavy atom. The molecule has 0 aromatic heterocycles. The molecule has 0 spiro atoms. The molecule has 1 aromatic carbocycles. The summed E-state index contributed by atoms with van der Waals surface area (Å²) in [5, 5.41) is 6.40. The summed E-state index contributed by atoms with van der Waals surface area (Å²) in [5.41, 5.74) is 3.95. The first-order chi connectivity index (χ1) is 9.33. The van der Waals surface area contributed by atoms with Crippen molar-refractivity contribution in [3.8, 4) is 0 Å². The van der Waals surface area contributed by atoms with Crippen molar-refractivity contribution in [3.05, 3.63) is 47.0 Å². The third-order valence-corrected chi connectivity index (χ3v) is 4.01. The lowest BCUT2D eigenvalue weighted by molar-refractivity contribution is -0.125. The molecule has 0 bridgehead atoms. The van der Waals surface area contributed by atoms with Gasteiger partial charge in [0.25, 0.3) is 0 Å². The van der Waals surface area contributed by atoms with E-state index in [2.05, 4.69) is 41.0 Å². The Labute approximate surface area is 114 Å². The second-order valence-corrected chi connectivity index (χ2v) is 5.41. The Kier molecular flexibility index (Phi) is 3.65. The van der Waals surface area contributed by atoms with E-state index >= 15 is 0 Å². The molecule has 0 saturated heterocycles. The number of hydrogen-bond acceptors (Lipinski definition) is 2. The molecule has 19 heavy (non-hydrogen) atoms. The van der Waals surface area contributed by atoms with E-state index < -0.39 is 0 Å². The van der Waals surface area contributed by atoms with Crippen LogP contribution < -0.4 is 10.6 Å². The van der Waals surface area contributed by atoms with Crippen molar-refractivity contribution >= 4 is 5.91 Å². The molecule has 0 fully saturated rings. The van der Waals surface area contributed by atoms with Crippen molar-refractivity contribution in [2.24, 2.45) is 5.92 Å². The van der Waals surface area contributed by atoms with Gasteiger partial charge in [-0.3, -0.25) is 4.79 Å². The average Bonchev–Trinajstić information content (AvgIpc) is 2.93. The summed E-state index contributed by atoms with van der Waals surface area (Å²) in [7, 11) is 0. The Bertz CT molecular complexity index is 507. The highest BCUT2D eigenvalue weighted by atomic mass is 16.1. The predicted octanol–water partition coefficient (Wildman–Crippen LogP) is 2.26. The van der Waals surface area contributed by atoms with Gasteiger partial charge >= 0.3 is 0 Å². The lowest BCUT2D eigenvalue weighted by Gasteiger charge is -2.17. The van der Waals surface area contributed by atoms with Crippen LogP contribution in [0.2, 0.25) is 0 Å². The van der Waals surface area contributed by atoms with Crippen LogP contribution in [0.5, 0.6) is 0 Å². The Morgan fingerprint density at radius 2 is 2.16 bits per heavy atom. The van der Waals surface area contributed by atoms with E-state index in [9.17, 15) is 4.79 Å². The lowest BCUT2D eigenvalue weighted by Crippen LogP contribution is -2.30. The molecule has 1 amide bonds. The molecule has 2 N–H and O–H groups in total. The summed E-state index contributed by atoms with van der Waals surface area (Å²) in [6, 6.07) is 6.49. The van der Waals surface area contributed by atoms with Crippen LogP contribution in [0.4, 0.5) is 0 Å². The van der Waals surface area contributed by atoms with Crippen molar-refractivity contribution in [2.45, 2.75) is 38.9 Å². The molecule has 1 heterocycles. The molecule has 3 heteroatoms. The average molecular weight is 256 g/mol. The highest BCUT2D eigenvalue weighted by Gasteiger charge is 2.18. The Balaban J connectivity index is 1.57. The van der Waals surface area contributed by atoms with Gasteiger partial charge in [0, 0.05) is 25.6 Å². The first-order valence-electron chi connectivity index (χ1n) is 7.07. The van der Waals surface area contributed by atoms with E-state index in [-0.39, 0.29) is 11.8 Å². The summed E-state index contributed by atoms with van der Waals surface area (Å²) in [4.78, 5) is 12.0. The minimum atomic E-state index is 0.168. The van der Waals surface area contributed by atoms with Crippen molar-refractivity contribution in [1.29, 1.82) is 0 Å². The molecule has 3 rings (SSSR count). The van der Waals surface area contributed by atoms with E-state index in [1.165, 1.54) is 16.7 Å². The number of amides is 1. The van der Waals surface area contributed by atoms with E-state index in [0.29, 0.717) is 6.54 Å². The fraction of sp³-hybridized carbons (Fsp3) is 0.438. The largest absolute Gasteiger partial charge is 0.352 e. The molecule has 1 aliphatic heterocycles. The molecule has 1 unspecified atom stereocenters. The zero-order valence-corrected chi connectivity index (χ0v) is 11.1. The van der Waals surface area contributed by atoms with Crippen LogP contribution >= 0.6 is 0 Å². The number of allylic oxidation sites excluding steroid dienone is 2. The highest BCUT2D eigenvalue weighted by molar-refractivity contribution is 5.78. The Morgan fingerprint density at radius 1 is 1.26 bits per heavy atom. The van der Waals surface area contributed by atoms with Crippen LogP contribution in [0.1, 0.15) is 36.0 Å². The summed E-state index contributed by atoms with van der Waals surface area (Å²) in [6.07, 6.45) is 7.19. The van der Waals surface area contributed by atoms with Crippen LogP contribution in [0.15, 0.2) is 30.4 Å². The summed E-state index contributed by atoms with van der Waals surface area (Å²) < 4.78 is 0. The predicted molar refractivity (Wildman–Crippen MR) is 75.3 cm³/mol. The molecule has 100 valence electrons. The van der Waals surface area contributed by atoms with Gasteiger partial charge in [0.2, 0.25) is 5.91 Å². The second kappa shape index (κ2) is 5.57. The van der Waals surface area contributed by atoms with Gasteiger partial charge in [-0.15, -0.1) is 0 Å². The maximum absolute atomic E-state index is 12.0. The molecular formula is C16H20N2O. The monoisotopic (exact) mass is 256 g/mol. The smallest absolute Gasteiger partial charge is 0.223 e. The zero-order valence-electron chi connectivity index (χ0n) is 11.1. The summed E-state index contributed by atoms with van der Waals surface area (Å²) >= 11 is 0. The van der Waals surface area contributed by atoms with Gasteiger partial charge < -0.3 is 10.6 Å². The van der Waals surface area contributed by atoms with Crippen LogP contribution in [0.25, 0.3) is 0 Å². The van der Waals surface area contributed by atoms with Crippen LogP contribution in [0.3, 0.4) is 0 Å². The Hall–Kier alpha value is -1.61. The van der Waals surface area contributed by atoms with Crippen molar-refractivity contribution in [1.82, 2.24) is 10.6 Å². The van der Waals surface area contributed by atoms with Crippen LogP contribution in [0, 0.1) is 5.92 Å². The minimum Gasteiger partial charge on any atom is -0.352 e. The van der Waals surface area contributed by atoms with Gasteiger partial charge in [-0.2, -0.15) is 0 Å². The third-order valence-electron chi connectivity index (χ3n) is 4.01. The van der Waals surface area contributed by atoms with E-state index in [1.54, 1.807) is 0 Å². The first kappa shape index (κ1) is 12.4. The molecule has 3 nitrogen and oxygen atoms in total. The van der Waals surface area contributed by atoms with Gasteiger partial charge in [-0.05, 0) is 36.0 Å². The van der Waals surface area contributed by atoms with Gasteiger partial charge in [0.15, 0.2) is 0 Å². The number of hydrogen-bond donors (Lipinski definition) is 2. The van der Waals surface area contributed by atoms with Crippen molar-refractivity contribution < 1.29 is 4.79 Å². The minimum absolute atomic E-state index is 0.168. The van der Waals surface area contributed by atoms with Crippen molar-refractivity contribution in [2.75, 3.05) is 0 Å². The second-order valence-electron chi connectivity index (χ2n) is 5.41. The lowest BCUT2D eigenvalue weighted by atomic mass is 9.93. The summed E-state index contributed by atoms with van der Waals surface area (Å²) in [6.45, 7) is 2.56. The molecule has 2 aliphatic rings. The summed E-state index contributed by atoms with van der Waals surface area (Å²) in [5.74, 6) is 0.365. The topological polar surface area (TPSA) is 41.1 Å². The number of carbonyl (C=O) groups excluding carboxylic acids is 1. The molecule has 1 aliphatic carbocycles. The molecule has 0 radical (unpaired) electrons. The number of rotatable bonds is 3. The number of fused-ring (bicyclic) bond motifs is 1. The van der Waals surface area contributed by atoms with Gasteiger partial charge in [-0.1, -0.05) is 30.4 Å². The fourth-order valence-corrected chi connectivity index (χ4v) is 2.82. The SMILES string of the molecule is O=C(NCc1ccc2c(c1)CNC2)C1CC=CCC1. The molecule has 1 aromatic rings. The molecule has 1 atom stereocenters. The maximum atomic E-state index is 12.0. The van der Waals surface area contributed by atoms with E-state index in [0.717, 1.165) is 32.4 Å². The number of benzene rings is 1. The van der Waals surface area contributed by atoms with Crippen LogP contribution in [-0.4, -0.2) is 5.91 Å². The first-order valence-corrected chi connectivity index (χ1v) is 7.07. The number of carbonyl (C=O) groups is 1. The fourth-order valence-electron chi connectivity index (χ4n) is 2.82. The van der Waals surface area contributed by atoms with Gasteiger partial charge in [0.05, 0.1) is 0 Å². The van der Waals surface area contributed by atoms with Crippen molar-refractivity contribution in [3.63, 3.8) is 0 Å². The van der Waals surface area contributed by atoms with E-state index in [1.807, 2.05) is 0 Å². The highest BCUT2D eigenvalue weighted by Crippen LogP contribution is 2.19. The van der Waals surface area contributed by atoms with Gasteiger partial charge in [0.1, 0.15) is 0 Å². The zero-order chi connectivity index (χ0) is 13.1. The maximum Gasteiger partial charge on any atom is 0.223 e. The molecule has 0 saturated carbocycles. The standard InChI is InChI=1S/C16H20N2O/c19-16(13-4-2-1-3-5-13)18-9-12-6-7-14-10-17-11-15(14)8-12/h1-2,6-8,13,17H,3-5,9-11H2,(H,18,19). The van der Waals surface area contributed by atoms with E-state index in [4.69, 9.17) is 0 Å². The quantitative estimate of drug-likeness (QED) is 0.815.